The van der Waals surface area contributed by atoms with Crippen LogP contribution in [0.5, 0.6) is 17.2 Å². The van der Waals surface area contributed by atoms with E-state index in [1.54, 1.807) is 0 Å². The fraction of sp³-hybridized carbons (Fsp3) is 0. The fourth-order valence-corrected chi connectivity index (χ4v) is 2.01. The van der Waals surface area contributed by atoms with E-state index < -0.39 is 0 Å². The summed E-state index contributed by atoms with van der Waals surface area (Å²) in [4.78, 5) is 14.0. The quantitative estimate of drug-likeness (QED) is 0.770. The SMILES string of the molecule is O=c1cc(O)cc(-c2ccc(Oc3ccccc3)cc2)[nH]1. The normalized spacial score (nSPS) is 10.3. The number of benzene rings is 2. The standard InChI is InChI=1S/C17H13NO3/c19-13-10-16(18-17(20)11-13)12-6-8-15(9-7-12)21-14-4-2-1-3-5-14/h1-11H,(H2,18,19,20). The summed E-state index contributed by atoms with van der Waals surface area (Å²) in [5, 5.41) is 9.46. The van der Waals surface area contributed by atoms with Crippen molar-refractivity contribution in [2.75, 3.05) is 0 Å². The van der Waals surface area contributed by atoms with Crippen LogP contribution < -0.4 is 10.3 Å². The number of hydrogen-bond donors (Lipinski definition) is 2. The number of rotatable bonds is 3. The average molecular weight is 279 g/mol. The summed E-state index contributed by atoms with van der Waals surface area (Å²) in [6.07, 6.45) is 0. The highest BCUT2D eigenvalue weighted by Crippen LogP contribution is 2.25. The van der Waals surface area contributed by atoms with Crippen LogP contribution in [0.15, 0.2) is 71.5 Å². The van der Waals surface area contributed by atoms with Gasteiger partial charge in [0.05, 0.1) is 5.69 Å². The zero-order valence-electron chi connectivity index (χ0n) is 11.1. The summed E-state index contributed by atoms with van der Waals surface area (Å²) in [6.45, 7) is 0. The van der Waals surface area contributed by atoms with Crippen LogP contribution >= 0.6 is 0 Å². The summed E-state index contributed by atoms with van der Waals surface area (Å²) in [6, 6.07) is 19.4. The van der Waals surface area contributed by atoms with Gasteiger partial charge >= 0.3 is 0 Å². The highest BCUT2D eigenvalue weighted by molar-refractivity contribution is 5.61. The Bertz CT molecular complexity index is 792. The zero-order valence-corrected chi connectivity index (χ0v) is 11.1. The van der Waals surface area contributed by atoms with Gasteiger partial charge in [-0.1, -0.05) is 18.2 Å². The van der Waals surface area contributed by atoms with Crippen LogP contribution in [0.25, 0.3) is 11.3 Å². The van der Waals surface area contributed by atoms with E-state index >= 15 is 0 Å². The van der Waals surface area contributed by atoms with Crippen molar-refractivity contribution in [3.05, 3.63) is 77.1 Å². The molecule has 104 valence electrons. The highest BCUT2D eigenvalue weighted by atomic mass is 16.5. The van der Waals surface area contributed by atoms with Gasteiger partial charge in [0.2, 0.25) is 0 Å². The van der Waals surface area contributed by atoms with Crippen LogP contribution in [0.4, 0.5) is 0 Å². The van der Waals surface area contributed by atoms with Gasteiger partial charge < -0.3 is 14.8 Å². The van der Waals surface area contributed by atoms with Gasteiger partial charge in [-0.05, 0) is 42.0 Å². The molecule has 0 aliphatic rings. The number of pyridine rings is 1. The molecule has 1 aromatic heterocycles. The Kier molecular flexibility index (Phi) is 3.43. The third-order valence-electron chi connectivity index (χ3n) is 2.97. The van der Waals surface area contributed by atoms with Crippen molar-refractivity contribution in [2.24, 2.45) is 0 Å². The number of nitrogens with one attached hydrogen (secondary N) is 1. The topological polar surface area (TPSA) is 62.3 Å². The monoisotopic (exact) mass is 279 g/mol. The molecule has 21 heavy (non-hydrogen) atoms. The van der Waals surface area contributed by atoms with Crippen LogP contribution in [-0.4, -0.2) is 10.1 Å². The van der Waals surface area contributed by atoms with Crippen molar-refractivity contribution in [2.45, 2.75) is 0 Å². The molecule has 0 unspecified atom stereocenters. The van der Waals surface area contributed by atoms with Crippen LogP contribution in [0, 0.1) is 0 Å². The number of aromatic nitrogens is 1. The summed E-state index contributed by atoms with van der Waals surface area (Å²) in [5.74, 6) is 1.40. The van der Waals surface area contributed by atoms with Crippen molar-refractivity contribution in [1.82, 2.24) is 4.98 Å². The van der Waals surface area contributed by atoms with Crippen LogP contribution in [0.1, 0.15) is 0 Å². The molecular weight excluding hydrogens is 266 g/mol. The molecule has 0 atom stereocenters. The zero-order chi connectivity index (χ0) is 14.7. The second kappa shape index (κ2) is 5.54. The van der Waals surface area contributed by atoms with Gasteiger partial charge in [0.15, 0.2) is 0 Å². The van der Waals surface area contributed by atoms with Gasteiger partial charge in [0.1, 0.15) is 17.2 Å². The second-order valence-electron chi connectivity index (χ2n) is 4.56. The van der Waals surface area contributed by atoms with Crippen LogP contribution in [-0.2, 0) is 0 Å². The lowest BCUT2D eigenvalue weighted by atomic mass is 10.1. The number of aromatic hydroxyl groups is 1. The van der Waals surface area contributed by atoms with Crippen molar-refractivity contribution in [1.29, 1.82) is 0 Å². The molecule has 1 heterocycles. The highest BCUT2D eigenvalue weighted by Gasteiger charge is 2.02. The molecule has 0 spiro atoms. The van der Waals surface area contributed by atoms with Crippen molar-refractivity contribution in [3.63, 3.8) is 0 Å². The lowest BCUT2D eigenvalue weighted by Crippen LogP contribution is -2.03. The van der Waals surface area contributed by atoms with E-state index in [1.807, 2.05) is 54.6 Å². The molecule has 0 aliphatic carbocycles. The van der Waals surface area contributed by atoms with E-state index in [0.717, 1.165) is 17.4 Å². The van der Waals surface area contributed by atoms with E-state index in [1.165, 1.54) is 6.07 Å². The third-order valence-corrected chi connectivity index (χ3v) is 2.97. The lowest BCUT2D eigenvalue weighted by Gasteiger charge is -2.07. The smallest absolute Gasteiger partial charge is 0.252 e. The van der Waals surface area contributed by atoms with Gasteiger partial charge in [0, 0.05) is 12.1 Å². The molecule has 2 aromatic carbocycles. The first-order valence-electron chi connectivity index (χ1n) is 6.47. The molecule has 0 amide bonds. The first kappa shape index (κ1) is 13.0. The Morgan fingerprint density at radius 3 is 2.19 bits per heavy atom. The first-order valence-corrected chi connectivity index (χ1v) is 6.47. The Morgan fingerprint density at radius 1 is 0.857 bits per heavy atom. The molecule has 4 nitrogen and oxygen atoms in total. The minimum atomic E-state index is -0.338. The van der Waals surface area contributed by atoms with Gasteiger partial charge in [0.25, 0.3) is 5.56 Å². The maximum atomic E-state index is 11.4. The van der Waals surface area contributed by atoms with E-state index in [0.29, 0.717) is 11.4 Å². The number of para-hydroxylation sites is 1. The number of ether oxygens (including phenoxy) is 1. The lowest BCUT2D eigenvalue weighted by molar-refractivity contribution is 0.474. The van der Waals surface area contributed by atoms with E-state index in [9.17, 15) is 9.90 Å². The summed E-state index contributed by atoms with van der Waals surface area (Å²) >= 11 is 0. The van der Waals surface area contributed by atoms with Gasteiger partial charge in [-0.2, -0.15) is 0 Å². The molecule has 3 aromatic rings. The van der Waals surface area contributed by atoms with Gasteiger partial charge in [-0.25, -0.2) is 0 Å². The number of H-pyrrole nitrogens is 1. The Hall–Kier alpha value is -3.01. The fourth-order valence-electron chi connectivity index (χ4n) is 2.01. The minimum absolute atomic E-state index is 0.0571. The van der Waals surface area contributed by atoms with E-state index in [-0.39, 0.29) is 11.3 Å². The molecule has 0 aliphatic heterocycles. The summed E-state index contributed by atoms with van der Waals surface area (Å²) in [5.41, 5.74) is 1.02. The Labute approximate surface area is 121 Å². The van der Waals surface area contributed by atoms with E-state index in [4.69, 9.17) is 4.74 Å². The Balaban J connectivity index is 1.85. The third kappa shape index (κ3) is 3.12. The predicted octanol–water partition coefficient (Wildman–Crippen LogP) is 3.54. The van der Waals surface area contributed by atoms with Gasteiger partial charge in [-0.3, -0.25) is 4.79 Å². The summed E-state index contributed by atoms with van der Waals surface area (Å²) < 4.78 is 5.70. The Morgan fingerprint density at radius 2 is 1.52 bits per heavy atom. The molecule has 0 bridgehead atoms. The molecular formula is C17H13NO3. The van der Waals surface area contributed by atoms with Crippen molar-refractivity contribution in [3.8, 4) is 28.5 Å². The average Bonchev–Trinajstić information content (AvgIpc) is 2.48. The van der Waals surface area contributed by atoms with E-state index in [2.05, 4.69) is 4.98 Å². The molecule has 3 rings (SSSR count). The number of hydrogen-bond acceptors (Lipinski definition) is 3. The molecule has 0 radical (unpaired) electrons. The van der Waals surface area contributed by atoms with Gasteiger partial charge in [-0.15, -0.1) is 0 Å². The molecule has 0 saturated carbocycles. The predicted molar refractivity (Wildman–Crippen MR) is 80.7 cm³/mol. The maximum Gasteiger partial charge on any atom is 0.252 e. The molecule has 4 heteroatoms. The number of aromatic amines is 1. The molecule has 0 saturated heterocycles. The molecule has 0 fully saturated rings. The molecule has 2 N–H and O–H groups in total. The first-order chi connectivity index (χ1) is 10.2. The van der Waals surface area contributed by atoms with Crippen LogP contribution in [0.2, 0.25) is 0 Å². The van der Waals surface area contributed by atoms with Crippen LogP contribution in [0.3, 0.4) is 0 Å². The largest absolute Gasteiger partial charge is 0.508 e. The second-order valence-corrected chi connectivity index (χ2v) is 4.56. The minimum Gasteiger partial charge on any atom is -0.508 e. The summed E-state index contributed by atoms with van der Waals surface area (Å²) in [7, 11) is 0. The van der Waals surface area contributed by atoms with Crippen molar-refractivity contribution < 1.29 is 9.84 Å². The maximum absolute atomic E-state index is 11.4. The van der Waals surface area contributed by atoms with Crippen molar-refractivity contribution >= 4 is 0 Å².